The lowest BCUT2D eigenvalue weighted by Crippen LogP contribution is -2.35. The maximum absolute atomic E-state index is 13.2. The number of aromatic nitrogens is 2. The van der Waals surface area contributed by atoms with Crippen molar-refractivity contribution in [2.45, 2.75) is 85.2 Å². The number of pyridine rings is 2. The van der Waals surface area contributed by atoms with E-state index in [1.54, 1.807) is 73.3 Å². The van der Waals surface area contributed by atoms with Gasteiger partial charge in [0.15, 0.2) is 57.5 Å². The Hall–Kier alpha value is -10.8. The number of aryl methyl sites for hydroxylation is 3. The van der Waals surface area contributed by atoms with Crippen molar-refractivity contribution in [2.75, 3.05) is 97.3 Å². The first-order valence-corrected chi connectivity index (χ1v) is 34.4. The number of hydrogen-bond donors (Lipinski definition) is 3. The van der Waals surface area contributed by atoms with Crippen LogP contribution in [0.3, 0.4) is 0 Å². The Labute approximate surface area is 594 Å². The van der Waals surface area contributed by atoms with Gasteiger partial charge in [0, 0.05) is 92.8 Å². The summed E-state index contributed by atoms with van der Waals surface area (Å²) in [5.74, 6) is 6.33. The van der Waals surface area contributed by atoms with Crippen LogP contribution >= 0.6 is 0 Å². The molecule has 0 saturated carbocycles. The van der Waals surface area contributed by atoms with E-state index < -0.39 is 0 Å². The normalized spacial score (nSPS) is 15.2. The van der Waals surface area contributed by atoms with E-state index in [2.05, 4.69) is 65.9 Å². The third-order valence-electron chi connectivity index (χ3n) is 20.5. The molecule has 102 heavy (non-hydrogen) atoms. The van der Waals surface area contributed by atoms with Gasteiger partial charge >= 0.3 is 0 Å². The summed E-state index contributed by atoms with van der Waals surface area (Å²) in [7, 11) is 17.3. The van der Waals surface area contributed by atoms with Crippen LogP contribution in [-0.4, -0.2) is 144 Å². The lowest BCUT2D eigenvalue weighted by molar-refractivity contribution is 0.102. The molecule has 4 aliphatic carbocycles. The predicted molar refractivity (Wildman–Crippen MR) is 394 cm³/mol. The van der Waals surface area contributed by atoms with Crippen LogP contribution in [0.2, 0.25) is 0 Å². The molecule has 0 fully saturated rings. The molecule has 19 heteroatoms. The molecule has 10 aromatic rings. The molecule has 0 radical (unpaired) electrons. The second kappa shape index (κ2) is 28.3. The van der Waals surface area contributed by atoms with E-state index in [-0.39, 0.29) is 34.9 Å². The van der Waals surface area contributed by atoms with E-state index in [1.165, 1.54) is 64.8 Å². The molecule has 2 unspecified atom stereocenters. The Bertz CT molecular complexity index is 5040. The molecule has 6 aliphatic rings. The first-order chi connectivity index (χ1) is 49.3. The minimum absolute atomic E-state index is 0.0770. The van der Waals surface area contributed by atoms with Crippen LogP contribution in [0.15, 0.2) is 97.3 Å². The molecule has 2 aliphatic heterocycles. The number of carbonyl (C=O) groups is 2. The molecule has 8 aromatic carbocycles. The number of hydrogen-bond acceptors (Lipinski definition) is 19. The van der Waals surface area contributed by atoms with E-state index in [0.717, 1.165) is 141 Å². The number of carbonyl (C=O) groups excluding carboxylic acids is 2. The molecule has 0 spiro atoms. The van der Waals surface area contributed by atoms with Gasteiger partial charge in [-0.25, -0.2) is 0 Å². The van der Waals surface area contributed by atoms with Gasteiger partial charge < -0.3 is 62.7 Å². The highest BCUT2D eigenvalue weighted by molar-refractivity contribution is 6.27. The number of fused-ring (bicyclic) bond motifs is 8. The van der Waals surface area contributed by atoms with Crippen LogP contribution in [0.5, 0.6) is 74.7 Å². The summed E-state index contributed by atoms with van der Waals surface area (Å²) in [4.78, 5) is 39.5. The number of methoxy groups -OCH3 is 8. The van der Waals surface area contributed by atoms with Gasteiger partial charge in [-0.2, -0.15) is 0 Å². The van der Waals surface area contributed by atoms with Crippen LogP contribution in [0.25, 0.3) is 66.1 Å². The van der Waals surface area contributed by atoms with Crippen LogP contribution in [0, 0.1) is 20.8 Å². The molecule has 0 bridgehead atoms. The van der Waals surface area contributed by atoms with Gasteiger partial charge in [-0.05, 0) is 224 Å². The van der Waals surface area contributed by atoms with E-state index >= 15 is 0 Å². The maximum Gasteiger partial charge on any atom is 0.212 e. The summed E-state index contributed by atoms with van der Waals surface area (Å²) in [6, 6.07) is 27.2. The topological polar surface area (TPSA) is 219 Å². The molecular weight excluding hydrogens is 1290 g/mol. The van der Waals surface area contributed by atoms with E-state index in [4.69, 9.17) is 47.4 Å². The fraction of sp³-hybridized carbons (Fsp3) is 0.325. The third-order valence-corrected chi connectivity index (χ3v) is 20.5. The molecule has 19 nitrogen and oxygen atoms in total. The highest BCUT2D eigenvalue weighted by Crippen LogP contribution is 2.56. The standard InChI is InChI=1S/C23H29NO3.C22H21NO4.C19H21NO4.C19H15NO4/c1-6-9-27-20-12-16-11-18-21-15(7-8-24(18)3)10-14(2)23(26-5)22(21)17(16)13-19(20)25-4;1-5-8-27-17-11-15-14(10-16(17)25-3)19-18-13(9-12(2)22(19)26-4)6-7-23-20(18)21(15)24;1-20-5-4-10-7-15(22)19(24-3)18-12-9-16(23-2)14(21)8-11(12)6-13(20)17(10)18;1-9-6-10-4-5-20-17-15(10)16(19(9)24-3)11-8-14(23-2)13(21)7-12(11)18(17)22/h10,12-13,18H,6-9,11H2,1-5H3;6-7,9-11H,5,8H2,1-4H3;7-9,13,21-22H,4-6H2,1-3H3;4-8,21H,1-3H3. The van der Waals surface area contributed by atoms with Gasteiger partial charge in [0.25, 0.3) is 0 Å². The lowest BCUT2D eigenvalue weighted by Gasteiger charge is -2.40. The smallest absolute Gasteiger partial charge is 0.212 e. The maximum atomic E-state index is 13.2. The summed E-state index contributed by atoms with van der Waals surface area (Å²) >= 11 is 0. The molecule has 2 aromatic heterocycles. The molecule has 16 rings (SSSR count). The third kappa shape index (κ3) is 11.7. The predicted octanol–water partition coefficient (Wildman–Crippen LogP) is 15.5. The molecule has 0 amide bonds. The summed E-state index contributed by atoms with van der Waals surface area (Å²) < 4.78 is 56.2. The number of benzene rings is 8. The number of ketones is 2. The molecule has 2 atom stereocenters. The average molecular weight is 1380 g/mol. The monoisotopic (exact) mass is 1380 g/mol. The molecule has 528 valence electrons. The van der Waals surface area contributed by atoms with Gasteiger partial charge in [-0.3, -0.25) is 29.4 Å². The number of ether oxygens (including phenoxy) is 10. The zero-order chi connectivity index (χ0) is 72.3. The van der Waals surface area contributed by atoms with Crippen molar-refractivity contribution in [2.24, 2.45) is 0 Å². The lowest BCUT2D eigenvalue weighted by atomic mass is 9.76. The molecular formula is C83H86N4O15. The number of aromatic hydroxyl groups is 3. The quantitative estimate of drug-likeness (QED) is 0.0921. The fourth-order valence-corrected chi connectivity index (χ4v) is 15.9. The van der Waals surface area contributed by atoms with E-state index in [1.807, 2.05) is 63.2 Å². The van der Waals surface area contributed by atoms with Crippen molar-refractivity contribution >= 4 is 33.1 Å². The average Bonchev–Trinajstić information content (AvgIpc) is 0.744. The molecule has 4 heterocycles. The second-order valence-electron chi connectivity index (χ2n) is 26.5. The van der Waals surface area contributed by atoms with Crippen molar-refractivity contribution in [3.63, 3.8) is 0 Å². The van der Waals surface area contributed by atoms with Crippen LogP contribution in [0.4, 0.5) is 0 Å². The van der Waals surface area contributed by atoms with Crippen molar-refractivity contribution in [3.05, 3.63) is 170 Å². The summed E-state index contributed by atoms with van der Waals surface area (Å²) in [6.45, 7) is 13.5. The van der Waals surface area contributed by atoms with E-state index in [0.29, 0.717) is 81.8 Å². The Morgan fingerprint density at radius 1 is 0.412 bits per heavy atom. The fourth-order valence-electron chi connectivity index (χ4n) is 15.9. The summed E-state index contributed by atoms with van der Waals surface area (Å²) in [5, 5.41) is 34.2. The SMILES string of the molecule is CCCOc1cc2c(cc1OC)-c1c(OC)c(C)cc3c1C(C2)N(C)CC3.CCCOc1cc2c(cc1OC)-c1c(OC)c(C)cc3ccnc(c13)C2=O.COc1cc2c(cc1O)C(=O)c1nccc3cc(C)c(OC)c-2c13.COc1cc2c(cc1O)CC1c3c(cc(O)c(OC)c3-2)CCN1C. The highest BCUT2D eigenvalue weighted by Gasteiger charge is 2.40. The van der Waals surface area contributed by atoms with Crippen LogP contribution in [0.1, 0.15) is 121 Å². The number of phenols is 3. The molecule has 0 saturated heterocycles. The summed E-state index contributed by atoms with van der Waals surface area (Å²) in [6.07, 6.45) is 8.94. The Morgan fingerprint density at radius 3 is 1.27 bits per heavy atom. The van der Waals surface area contributed by atoms with Crippen LogP contribution in [-0.2, 0) is 25.7 Å². The van der Waals surface area contributed by atoms with Gasteiger partial charge in [-0.1, -0.05) is 19.9 Å². The number of likely N-dealkylation sites (N-methyl/N-ethyl adjacent to an activating group) is 2. The zero-order valence-corrected chi connectivity index (χ0v) is 60.5. The molecule has 3 N–H and O–H groups in total. The number of nitrogens with zero attached hydrogens (tertiary/aromatic N) is 4. The minimum Gasteiger partial charge on any atom is -0.504 e. The highest BCUT2D eigenvalue weighted by atomic mass is 16.5. The zero-order valence-electron chi connectivity index (χ0n) is 60.5. The number of rotatable bonds is 14. The summed E-state index contributed by atoms with van der Waals surface area (Å²) in [5.41, 5.74) is 20.1. The Kier molecular flexibility index (Phi) is 19.4. The number of phenolic OH excluding ortho intramolecular Hbond substituents is 3. The van der Waals surface area contributed by atoms with Gasteiger partial charge in [0.1, 0.15) is 28.6 Å². The minimum atomic E-state index is -0.216. The largest absolute Gasteiger partial charge is 0.504 e. The van der Waals surface area contributed by atoms with Gasteiger partial charge in [0.05, 0.1) is 70.1 Å². The Balaban J connectivity index is 0.000000122. The van der Waals surface area contributed by atoms with Crippen molar-refractivity contribution < 1.29 is 72.3 Å². The first-order valence-electron chi connectivity index (χ1n) is 34.4. The van der Waals surface area contributed by atoms with Gasteiger partial charge in [-0.15, -0.1) is 0 Å². The van der Waals surface area contributed by atoms with Crippen molar-refractivity contribution in [1.82, 2.24) is 19.8 Å². The van der Waals surface area contributed by atoms with Crippen LogP contribution < -0.4 is 47.4 Å². The van der Waals surface area contributed by atoms with E-state index in [9.17, 15) is 24.9 Å². The first kappa shape index (κ1) is 69.7. The van der Waals surface area contributed by atoms with Crippen molar-refractivity contribution in [3.8, 4) is 119 Å². The van der Waals surface area contributed by atoms with Crippen molar-refractivity contribution in [1.29, 1.82) is 0 Å². The van der Waals surface area contributed by atoms with Gasteiger partial charge in [0.2, 0.25) is 11.6 Å². The Morgan fingerprint density at radius 2 is 0.794 bits per heavy atom. The second-order valence-corrected chi connectivity index (χ2v) is 26.5.